The minimum Gasteiger partial charge on any atom is -0.467 e. The second kappa shape index (κ2) is 8.90. The summed E-state index contributed by atoms with van der Waals surface area (Å²) in [6.45, 7) is 4.17. The second-order valence-corrected chi connectivity index (χ2v) is 7.30. The Kier molecular flexibility index (Phi) is 6.32. The third kappa shape index (κ3) is 4.16. The quantitative estimate of drug-likeness (QED) is 0.733. The number of rotatable bonds is 7. The largest absolute Gasteiger partial charge is 0.467 e. The maximum Gasteiger partial charge on any atom is 0.328 e. The molecular formula is C23H26N2O4. The van der Waals surface area contributed by atoms with Crippen molar-refractivity contribution >= 4 is 17.8 Å². The Morgan fingerprint density at radius 2 is 1.76 bits per heavy atom. The van der Waals surface area contributed by atoms with E-state index in [0.717, 1.165) is 5.56 Å². The van der Waals surface area contributed by atoms with Gasteiger partial charge in [0.25, 0.3) is 5.91 Å². The minimum atomic E-state index is -0.840. The lowest BCUT2D eigenvalue weighted by Crippen LogP contribution is -2.50. The molecule has 0 fully saturated rings. The van der Waals surface area contributed by atoms with Crippen LogP contribution in [0.15, 0.2) is 54.6 Å². The molecule has 1 heterocycles. The fourth-order valence-corrected chi connectivity index (χ4v) is 3.62. The van der Waals surface area contributed by atoms with E-state index in [-0.39, 0.29) is 11.8 Å². The fraction of sp³-hybridized carbons (Fsp3) is 0.348. The van der Waals surface area contributed by atoms with Gasteiger partial charge in [0.15, 0.2) is 0 Å². The Morgan fingerprint density at radius 1 is 1.10 bits per heavy atom. The number of nitrogens with one attached hydrogen (secondary N) is 1. The number of nitrogens with zero attached hydrogens (tertiary/aromatic N) is 1. The van der Waals surface area contributed by atoms with Gasteiger partial charge < -0.3 is 15.0 Å². The van der Waals surface area contributed by atoms with Crippen LogP contribution in [0.4, 0.5) is 0 Å². The normalized spacial score (nSPS) is 16.0. The molecule has 0 radical (unpaired) electrons. The van der Waals surface area contributed by atoms with Gasteiger partial charge in [0, 0.05) is 12.1 Å². The van der Waals surface area contributed by atoms with Gasteiger partial charge in [-0.05, 0) is 23.1 Å². The van der Waals surface area contributed by atoms with Crippen LogP contribution in [0.5, 0.6) is 0 Å². The molecule has 29 heavy (non-hydrogen) atoms. The van der Waals surface area contributed by atoms with Crippen molar-refractivity contribution in [1.29, 1.82) is 0 Å². The molecule has 0 saturated heterocycles. The van der Waals surface area contributed by atoms with E-state index in [9.17, 15) is 14.4 Å². The number of fused-ring (bicyclic) bond motifs is 1. The van der Waals surface area contributed by atoms with Gasteiger partial charge in [-0.1, -0.05) is 68.8 Å². The molecule has 1 aliphatic heterocycles. The monoisotopic (exact) mass is 394 g/mol. The molecule has 2 aromatic rings. The van der Waals surface area contributed by atoms with Crippen LogP contribution in [-0.4, -0.2) is 35.8 Å². The Balaban J connectivity index is 1.94. The molecule has 6 nitrogen and oxygen atoms in total. The molecule has 0 aromatic heterocycles. The standard InChI is InChI=1S/C23H26N2O4/c1-4-15(2)19(23(28)29-3)24-21(26)20(16-10-6-5-7-11-16)25-14-17-12-8-9-13-18(17)22(25)27/h5-13,15,19-20H,4,14H2,1-3H3,(H,24,26)/t15-,19+,20+/m1/s1. The smallest absolute Gasteiger partial charge is 0.328 e. The maximum atomic E-state index is 13.4. The van der Waals surface area contributed by atoms with Crippen LogP contribution >= 0.6 is 0 Å². The molecule has 0 bridgehead atoms. The summed E-state index contributed by atoms with van der Waals surface area (Å²) >= 11 is 0. The highest BCUT2D eigenvalue weighted by atomic mass is 16.5. The lowest BCUT2D eigenvalue weighted by atomic mass is 9.97. The summed E-state index contributed by atoms with van der Waals surface area (Å²) in [5.74, 6) is -1.18. The summed E-state index contributed by atoms with van der Waals surface area (Å²) in [7, 11) is 1.30. The number of carbonyl (C=O) groups excluding carboxylic acids is 3. The molecule has 0 spiro atoms. The van der Waals surface area contributed by atoms with Gasteiger partial charge in [-0.3, -0.25) is 9.59 Å². The number of carbonyl (C=O) groups is 3. The van der Waals surface area contributed by atoms with E-state index in [2.05, 4.69) is 5.32 Å². The lowest BCUT2D eigenvalue weighted by molar-refractivity contribution is -0.147. The van der Waals surface area contributed by atoms with Crippen molar-refractivity contribution in [3.8, 4) is 0 Å². The van der Waals surface area contributed by atoms with E-state index in [4.69, 9.17) is 4.74 Å². The first-order valence-corrected chi connectivity index (χ1v) is 9.80. The third-order valence-electron chi connectivity index (χ3n) is 5.49. The van der Waals surface area contributed by atoms with Crippen LogP contribution in [0.3, 0.4) is 0 Å². The minimum absolute atomic E-state index is 0.102. The number of benzene rings is 2. The van der Waals surface area contributed by atoms with Crippen LogP contribution in [-0.2, 0) is 20.9 Å². The molecule has 0 unspecified atom stereocenters. The van der Waals surface area contributed by atoms with E-state index in [1.807, 2.05) is 62.4 Å². The molecule has 3 atom stereocenters. The highest BCUT2D eigenvalue weighted by Crippen LogP contribution is 2.32. The summed E-state index contributed by atoms with van der Waals surface area (Å²) in [6, 6.07) is 14.9. The number of esters is 1. The van der Waals surface area contributed by atoms with E-state index in [1.165, 1.54) is 7.11 Å². The third-order valence-corrected chi connectivity index (χ3v) is 5.49. The molecule has 152 valence electrons. The molecule has 3 rings (SSSR count). The van der Waals surface area contributed by atoms with Gasteiger partial charge in [0.05, 0.1) is 7.11 Å². The number of hydrogen-bond donors (Lipinski definition) is 1. The summed E-state index contributed by atoms with van der Waals surface area (Å²) in [5, 5.41) is 2.83. The van der Waals surface area contributed by atoms with Crippen molar-refractivity contribution < 1.29 is 19.1 Å². The lowest BCUT2D eigenvalue weighted by Gasteiger charge is -2.30. The Bertz CT molecular complexity index is 897. The highest BCUT2D eigenvalue weighted by molar-refractivity contribution is 6.01. The molecule has 0 aliphatic carbocycles. The molecule has 6 heteroatoms. The van der Waals surface area contributed by atoms with Crippen molar-refractivity contribution in [3.05, 3.63) is 71.3 Å². The summed E-state index contributed by atoms with van der Waals surface area (Å²) in [4.78, 5) is 40.2. The zero-order valence-electron chi connectivity index (χ0n) is 16.9. The van der Waals surface area contributed by atoms with Crippen LogP contribution in [0.2, 0.25) is 0 Å². The summed E-state index contributed by atoms with van der Waals surface area (Å²) < 4.78 is 4.88. The topological polar surface area (TPSA) is 75.7 Å². The fourth-order valence-electron chi connectivity index (χ4n) is 3.62. The van der Waals surface area contributed by atoms with Gasteiger partial charge >= 0.3 is 5.97 Å². The average Bonchev–Trinajstić information content (AvgIpc) is 3.08. The molecule has 2 aromatic carbocycles. The van der Waals surface area contributed by atoms with Gasteiger partial charge in [-0.2, -0.15) is 0 Å². The van der Waals surface area contributed by atoms with Gasteiger partial charge in [-0.25, -0.2) is 4.79 Å². The SMILES string of the molecule is CC[C@@H](C)[C@H](NC(=O)[C@H](c1ccccc1)N1Cc2ccccc2C1=O)C(=O)OC. The van der Waals surface area contributed by atoms with E-state index in [1.54, 1.807) is 11.0 Å². The van der Waals surface area contributed by atoms with Crippen molar-refractivity contribution in [3.63, 3.8) is 0 Å². The van der Waals surface area contributed by atoms with Crippen LogP contribution in [0.25, 0.3) is 0 Å². The summed E-state index contributed by atoms with van der Waals surface area (Å²) in [6.07, 6.45) is 0.699. The van der Waals surface area contributed by atoms with Gasteiger partial charge in [0.2, 0.25) is 5.91 Å². The van der Waals surface area contributed by atoms with Crippen LogP contribution in [0.1, 0.15) is 47.8 Å². The molecule has 0 saturated carbocycles. The predicted molar refractivity (Wildman–Crippen MR) is 109 cm³/mol. The van der Waals surface area contributed by atoms with Crippen molar-refractivity contribution in [2.24, 2.45) is 5.92 Å². The Morgan fingerprint density at radius 3 is 2.38 bits per heavy atom. The maximum absolute atomic E-state index is 13.4. The average molecular weight is 394 g/mol. The zero-order chi connectivity index (χ0) is 21.0. The first-order valence-electron chi connectivity index (χ1n) is 9.80. The first kappa shape index (κ1) is 20.6. The first-order chi connectivity index (χ1) is 14.0. The number of methoxy groups -OCH3 is 1. The number of ether oxygens (including phenoxy) is 1. The predicted octanol–water partition coefficient (Wildman–Crippen LogP) is 3.09. The number of amides is 2. The van der Waals surface area contributed by atoms with E-state index in [0.29, 0.717) is 24.1 Å². The summed E-state index contributed by atoms with van der Waals surface area (Å²) in [5.41, 5.74) is 2.18. The van der Waals surface area contributed by atoms with Crippen LogP contribution in [0, 0.1) is 5.92 Å². The van der Waals surface area contributed by atoms with Crippen molar-refractivity contribution in [2.75, 3.05) is 7.11 Å². The van der Waals surface area contributed by atoms with Gasteiger partial charge in [0.1, 0.15) is 12.1 Å². The molecule has 1 aliphatic rings. The van der Waals surface area contributed by atoms with Crippen molar-refractivity contribution in [1.82, 2.24) is 10.2 Å². The van der Waals surface area contributed by atoms with E-state index < -0.39 is 24.0 Å². The molecule has 2 amide bonds. The van der Waals surface area contributed by atoms with E-state index >= 15 is 0 Å². The molecular weight excluding hydrogens is 368 g/mol. The van der Waals surface area contributed by atoms with Crippen LogP contribution < -0.4 is 5.32 Å². The Hall–Kier alpha value is -3.15. The number of hydrogen-bond acceptors (Lipinski definition) is 4. The zero-order valence-corrected chi connectivity index (χ0v) is 16.9. The Labute approximate surface area is 170 Å². The highest BCUT2D eigenvalue weighted by Gasteiger charge is 2.39. The van der Waals surface area contributed by atoms with Crippen molar-refractivity contribution in [2.45, 2.75) is 38.9 Å². The second-order valence-electron chi connectivity index (χ2n) is 7.30. The van der Waals surface area contributed by atoms with Gasteiger partial charge in [-0.15, -0.1) is 0 Å². The molecule has 1 N–H and O–H groups in total.